The summed E-state index contributed by atoms with van der Waals surface area (Å²) < 4.78 is 93.1. The Balaban J connectivity index is 0.630. The maximum atomic E-state index is 13.1. The number of urea groups is 2. The predicted octanol–water partition coefficient (Wildman–Crippen LogP) is 4.30. The molecule has 24 nitrogen and oxygen atoms in total. The van der Waals surface area contributed by atoms with Crippen LogP contribution in [0.25, 0.3) is 0 Å². The van der Waals surface area contributed by atoms with Crippen molar-refractivity contribution < 1.29 is 54.8 Å². The Bertz CT molecular complexity index is 3270. The minimum Gasteiger partial charge on any atom is -0.484 e. The zero-order valence-electron chi connectivity index (χ0n) is 49.0. The lowest BCUT2D eigenvalue weighted by molar-refractivity contribution is -0.206. The number of nitriles is 2. The lowest BCUT2D eigenvalue weighted by Crippen LogP contribution is -2.50. The number of sulfonamides is 2. The number of ether oxygens (including phenoxy) is 6. The molecule has 2 aliphatic heterocycles. The summed E-state index contributed by atoms with van der Waals surface area (Å²) in [7, 11) is -7.48. The highest BCUT2D eigenvalue weighted by Crippen LogP contribution is 2.43. The normalized spacial score (nSPS) is 21.7. The summed E-state index contributed by atoms with van der Waals surface area (Å²) in [6.45, 7) is 7.51. The van der Waals surface area contributed by atoms with Crippen LogP contribution in [-0.4, -0.2) is 193 Å². The lowest BCUT2D eigenvalue weighted by Gasteiger charge is -2.37. The van der Waals surface area contributed by atoms with Gasteiger partial charge in [-0.1, -0.05) is 41.4 Å². The molecule has 4 aromatic carbocycles. The first-order chi connectivity index (χ1) is 42.6. The van der Waals surface area contributed by atoms with Gasteiger partial charge in [0.2, 0.25) is 20.0 Å². The molecule has 9 rings (SSSR count). The Morgan fingerprint density at radius 3 is 1.73 bits per heavy atom. The number of rotatable bonds is 30. The van der Waals surface area contributed by atoms with Crippen LogP contribution in [0.5, 0.6) is 5.75 Å². The van der Waals surface area contributed by atoms with Gasteiger partial charge in [-0.25, -0.2) is 31.1 Å². The van der Waals surface area contributed by atoms with Crippen LogP contribution in [0.2, 0.25) is 10.0 Å². The van der Waals surface area contributed by atoms with Crippen molar-refractivity contribution in [3.8, 4) is 17.9 Å². The van der Waals surface area contributed by atoms with Gasteiger partial charge in [0.25, 0.3) is 0 Å². The number of fused-ring (bicyclic) bond motifs is 2. The molecule has 476 valence electrons. The predicted molar refractivity (Wildman–Crippen MR) is 330 cm³/mol. The lowest BCUT2D eigenvalue weighted by atomic mass is 9.91. The number of hydrogen-bond acceptors (Lipinski definition) is 18. The Morgan fingerprint density at radius 1 is 0.636 bits per heavy atom. The highest BCUT2D eigenvalue weighted by molar-refractivity contribution is 7.92. The number of nitrogens with one attached hydrogen (secondary N) is 8. The summed E-state index contributed by atoms with van der Waals surface area (Å²) in [6.07, 6.45) is 2.04. The van der Waals surface area contributed by atoms with E-state index in [0.717, 1.165) is 74.6 Å². The van der Waals surface area contributed by atoms with E-state index in [2.05, 4.69) is 63.3 Å². The molecule has 3 aliphatic carbocycles. The molecule has 0 radical (unpaired) electrons. The first kappa shape index (κ1) is 66.5. The van der Waals surface area contributed by atoms with E-state index in [1.807, 2.05) is 12.1 Å². The molecule has 2 heterocycles. The Kier molecular flexibility index (Phi) is 24.7. The fourth-order valence-corrected chi connectivity index (χ4v) is 14.2. The van der Waals surface area contributed by atoms with Gasteiger partial charge in [0.15, 0.2) is 6.29 Å². The monoisotopic (exact) mass is 1290 g/mol. The Labute approximate surface area is 525 Å². The van der Waals surface area contributed by atoms with Crippen molar-refractivity contribution in [2.45, 2.75) is 86.1 Å². The smallest absolute Gasteiger partial charge is 0.315 e. The van der Waals surface area contributed by atoms with Crippen molar-refractivity contribution in [3.05, 3.63) is 122 Å². The molecule has 4 aromatic rings. The maximum Gasteiger partial charge on any atom is 0.315 e. The Morgan fingerprint density at radius 2 is 1.16 bits per heavy atom. The minimum atomic E-state index is -3.75. The average Bonchev–Trinajstić information content (AvgIpc) is 2.38. The molecule has 5 atom stereocenters. The van der Waals surface area contributed by atoms with E-state index in [4.69, 9.17) is 51.6 Å². The van der Waals surface area contributed by atoms with Crippen molar-refractivity contribution in [1.29, 1.82) is 10.5 Å². The molecule has 0 bridgehead atoms. The van der Waals surface area contributed by atoms with Crippen molar-refractivity contribution in [1.82, 2.24) is 46.4 Å². The van der Waals surface area contributed by atoms with Gasteiger partial charge >= 0.3 is 12.1 Å². The minimum absolute atomic E-state index is 0.00104. The number of halogens is 2. The molecule has 88 heavy (non-hydrogen) atoms. The number of anilines is 1. The number of carbonyl (C=O) groups excluding carboxylic acids is 2. The second-order valence-electron chi connectivity index (χ2n) is 22.1. The van der Waals surface area contributed by atoms with Crippen LogP contribution in [0, 0.1) is 22.7 Å². The van der Waals surface area contributed by atoms with Crippen LogP contribution >= 0.6 is 23.2 Å². The van der Waals surface area contributed by atoms with Crippen molar-refractivity contribution in [3.63, 3.8) is 0 Å². The van der Waals surface area contributed by atoms with E-state index in [1.54, 1.807) is 54.6 Å². The summed E-state index contributed by atoms with van der Waals surface area (Å²) >= 11 is 13.0. The van der Waals surface area contributed by atoms with E-state index in [9.17, 15) is 36.9 Å². The highest BCUT2D eigenvalue weighted by atomic mass is 35.5. The topological polar surface area (TPSA) is 308 Å². The van der Waals surface area contributed by atoms with Crippen LogP contribution < -0.4 is 46.1 Å². The molecule has 0 aromatic heterocycles. The standard InChI is InChI=1S/C60H78Cl2N12O12S2/c61-43-32-41(38-63)50-36-54(73-21-14-65-15-22-73)57(52(50)34-43)85-48-12-10-47(11-13-48)72-87(77,78)31-30-82-29-28-81-25-18-67-59(75)70-45-6-8-46(9-7-45)71-60(76)68-19-27-84-56(40-83-26-20-69-88(79,80)49-4-2-1-3-5-49)86-58-53-35-44(62)33-42(39-64)51(53)37-55(58)74-23-16-66-17-24-74/h1-5,10-13,32-35,45-46,54-58,65-66,69,72H,6-9,14-31,36-37,40H2,(H2,67,70,75)(H2,68,71,76)/t45?,46?,54-,55-,56?,57-,58-/m0/s1. The van der Waals surface area contributed by atoms with Crippen LogP contribution in [0.3, 0.4) is 0 Å². The number of hydrogen-bond donors (Lipinski definition) is 8. The second-order valence-corrected chi connectivity index (χ2v) is 26.6. The van der Waals surface area contributed by atoms with Gasteiger partial charge in [0.05, 0.1) is 86.2 Å². The average molecular weight is 1290 g/mol. The number of amides is 4. The summed E-state index contributed by atoms with van der Waals surface area (Å²) in [4.78, 5) is 30.6. The van der Waals surface area contributed by atoms with Gasteiger partial charge < -0.3 is 60.3 Å². The molecule has 3 fully saturated rings. The fraction of sp³-hybridized carbons (Fsp3) is 0.533. The molecule has 8 N–H and O–H groups in total. The first-order valence-corrected chi connectivity index (χ1v) is 33.8. The van der Waals surface area contributed by atoms with Gasteiger partial charge in [0.1, 0.15) is 18.0 Å². The van der Waals surface area contributed by atoms with Crippen LogP contribution in [0.4, 0.5) is 15.3 Å². The van der Waals surface area contributed by atoms with Gasteiger partial charge in [-0.05, 0) is 121 Å². The molecule has 0 spiro atoms. The van der Waals surface area contributed by atoms with Crippen molar-refractivity contribution in [2.75, 3.05) is 129 Å². The summed E-state index contributed by atoms with van der Waals surface area (Å²) in [5.74, 6) is 0.284. The quantitative estimate of drug-likeness (QED) is 0.0267. The van der Waals surface area contributed by atoms with Gasteiger partial charge in [-0.2, -0.15) is 10.5 Å². The van der Waals surface area contributed by atoms with Gasteiger partial charge in [-0.15, -0.1) is 0 Å². The first-order valence-electron chi connectivity index (χ1n) is 29.9. The van der Waals surface area contributed by atoms with Gasteiger partial charge in [-0.3, -0.25) is 14.5 Å². The third-order valence-electron chi connectivity index (χ3n) is 16.1. The third kappa shape index (κ3) is 19.1. The van der Waals surface area contributed by atoms with Crippen LogP contribution in [-0.2, 0) is 56.6 Å². The molecule has 4 amide bonds. The summed E-state index contributed by atoms with van der Waals surface area (Å²) in [5.41, 5.74) is 4.91. The molecular formula is C60H78Cl2N12O12S2. The summed E-state index contributed by atoms with van der Waals surface area (Å²) in [5, 5.41) is 39.2. The molecule has 2 saturated heterocycles. The summed E-state index contributed by atoms with van der Waals surface area (Å²) in [6, 6.07) is 25.4. The van der Waals surface area contributed by atoms with Crippen LogP contribution in [0.15, 0.2) is 83.8 Å². The molecule has 28 heteroatoms. The van der Waals surface area contributed by atoms with E-state index in [1.165, 1.54) is 12.1 Å². The number of piperazine rings is 2. The molecular weight excluding hydrogens is 1220 g/mol. The zero-order valence-corrected chi connectivity index (χ0v) is 52.1. The largest absolute Gasteiger partial charge is 0.484 e. The van der Waals surface area contributed by atoms with Crippen molar-refractivity contribution >= 4 is 61.0 Å². The molecule has 1 unspecified atom stereocenters. The number of carbonyl (C=O) groups is 2. The van der Waals surface area contributed by atoms with E-state index >= 15 is 0 Å². The van der Waals surface area contributed by atoms with Crippen molar-refractivity contribution in [2.24, 2.45) is 0 Å². The van der Waals surface area contributed by atoms with Gasteiger partial charge in [0, 0.05) is 106 Å². The van der Waals surface area contributed by atoms with Crippen LogP contribution in [0.1, 0.15) is 71.3 Å². The number of benzene rings is 4. The molecule has 1 saturated carbocycles. The highest BCUT2D eigenvalue weighted by Gasteiger charge is 2.42. The van der Waals surface area contributed by atoms with E-state index in [-0.39, 0.29) is 119 Å². The fourth-order valence-electron chi connectivity index (χ4n) is 11.8. The maximum absolute atomic E-state index is 13.1. The van der Waals surface area contributed by atoms with E-state index < -0.39 is 32.4 Å². The van der Waals surface area contributed by atoms with E-state index in [0.29, 0.717) is 71.1 Å². The Hall–Kier alpha value is -5.92. The molecule has 5 aliphatic rings. The second kappa shape index (κ2) is 32.7. The number of nitrogens with zero attached hydrogens (tertiary/aromatic N) is 4. The zero-order chi connectivity index (χ0) is 61.9. The third-order valence-corrected chi connectivity index (χ3v) is 19.3. The SMILES string of the molecule is N#Cc1cc(Cl)cc2c1C[C@H](N1CCNCC1)[C@H]2Oc1ccc(NS(=O)(=O)CCOCCOCCNC(=O)NC2CCC(NC(=O)NCCOC(COCCNS(=O)(=O)c3ccccc3)O[C@H]3c4cc(Cl)cc(C#N)c4C[C@@H]3N3CCNCC3)CC2)cc1.